The smallest absolute Gasteiger partial charge is 0.335 e. The highest BCUT2D eigenvalue weighted by atomic mass is 16.4. The maximum Gasteiger partial charge on any atom is 0.335 e. The zero-order chi connectivity index (χ0) is 19.3. The molecule has 0 fully saturated rings. The summed E-state index contributed by atoms with van der Waals surface area (Å²) >= 11 is 0. The van der Waals surface area contributed by atoms with Gasteiger partial charge in [-0.3, -0.25) is 9.59 Å². The molecule has 0 atom stereocenters. The second-order valence-corrected chi connectivity index (χ2v) is 6.03. The molecule has 0 unspecified atom stereocenters. The van der Waals surface area contributed by atoms with Crippen molar-refractivity contribution in [1.29, 1.82) is 0 Å². The summed E-state index contributed by atoms with van der Waals surface area (Å²) < 4.78 is 0. The third-order valence-electron chi connectivity index (χ3n) is 4.12. The molecule has 2 rings (SSSR count). The number of carbonyl (C=O) groups excluding carboxylic acids is 2. The predicted molar refractivity (Wildman–Crippen MR) is 101 cm³/mol. The van der Waals surface area contributed by atoms with Crippen LogP contribution in [0.25, 0.3) is 0 Å². The van der Waals surface area contributed by atoms with Crippen molar-refractivity contribution in [3.63, 3.8) is 0 Å². The van der Waals surface area contributed by atoms with Gasteiger partial charge in [0.25, 0.3) is 0 Å². The molecule has 0 saturated heterocycles. The highest BCUT2D eigenvalue weighted by Gasteiger charge is 2.18. The number of amides is 2. The molecule has 2 aromatic rings. The SMILES string of the molecule is CCC(=O)N(CC(=O)Nc1ccc(C(=O)O)cc1)c1ccc(C)c(C)c1. The summed E-state index contributed by atoms with van der Waals surface area (Å²) in [6, 6.07) is 11.5. The molecule has 0 bridgehead atoms. The Morgan fingerprint density at radius 1 is 1.00 bits per heavy atom. The van der Waals surface area contributed by atoms with E-state index in [-0.39, 0.29) is 30.3 Å². The minimum atomic E-state index is -1.03. The first-order chi connectivity index (χ1) is 12.3. The fourth-order valence-corrected chi connectivity index (χ4v) is 2.45. The first kappa shape index (κ1) is 19.2. The second kappa shape index (κ2) is 8.29. The number of carboxylic acid groups (broad SMARTS) is 1. The molecule has 6 nitrogen and oxygen atoms in total. The van der Waals surface area contributed by atoms with Crippen LogP contribution in [0, 0.1) is 13.8 Å². The zero-order valence-corrected chi connectivity index (χ0v) is 15.1. The Morgan fingerprint density at radius 3 is 2.19 bits per heavy atom. The van der Waals surface area contributed by atoms with Crippen LogP contribution in [0.1, 0.15) is 34.8 Å². The quantitative estimate of drug-likeness (QED) is 0.832. The van der Waals surface area contributed by atoms with Crippen molar-refractivity contribution in [2.45, 2.75) is 27.2 Å². The van der Waals surface area contributed by atoms with E-state index in [1.165, 1.54) is 29.2 Å². The number of hydrogen-bond donors (Lipinski definition) is 2. The molecular formula is C20H22N2O4. The Morgan fingerprint density at radius 2 is 1.65 bits per heavy atom. The third-order valence-corrected chi connectivity index (χ3v) is 4.12. The molecule has 0 aromatic heterocycles. The topological polar surface area (TPSA) is 86.7 Å². The van der Waals surface area contributed by atoms with Crippen LogP contribution in [0.5, 0.6) is 0 Å². The highest BCUT2D eigenvalue weighted by molar-refractivity contribution is 6.02. The number of nitrogens with zero attached hydrogens (tertiary/aromatic N) is 1. The van der Waals surface area contributed by atoms with Crippen molar-refractivity contribution in [2.24, 2.45) is 0 Å². The largest absolute Gasteiger partial charge is 0.478 e. The minimum absolute atomic E-state index is 0.115. The summed E-state index contributed by atoms with van der Waals surface area (Å²) in [6.45, 7) is 5.57. The van der Waals surface area contributed by atoms with Gasteiger partial charge in [-0.2, -0.15) is 0 Å². The third kappa shape index (κ3) is 4.69. The summed E-state index contributed by atoms with van der Waals surface area (Å²) in [5.74, 6) is -1.53. The van der Waals surface area contributed by atoms with E-state index in [1.54, 1.807) is 6.92 Å². The Balaban J connectivity index is 2.14. The van der Waals surface area contributed by atoms with E-state index in [4.69, 9.17) is 5.11 Å². The van der Waals surface area contributed by atoms with Crippen LogP contribution in [-0.4, -0.2) is 29.4 Å². The number of rotatable bonds is 6. The van der Waals surface area contributed by atoms with Crippen molar-refractivity contribution in [1.82, 2.24) is 0 Å². The van der Waals surface area contributed by atoms with Gasteiger partial charge in [0, 0.05) is 17.8 Å². The van der Waals surface area contributed by atoms with Gasteiger partial charge in [0.2, 0.25) is 11.8 Å². The lowest BCUT2D eigenvalue weighted by Crippen LogP contribution is -2.37. The molecule has 0 aliphatic carbocycles. The molecule has 2 N–H and O–H groups in total. The number of carbonyl (C=O) groups is 3. The first-order valence-electron chi connectivity index (χ1n) is 8.32. The Bertz CT molecular complexity index is 828. The number of aryl methyl sites for hydroxylation is 2. The van der Waals surface area contributed by atoms with E-state index in [0.717, 1.165) is 11.1 Å². The van der Waals surface area contributed by atoms with Crippen LogP contribution in [0.3, 0.4) is 0 Å². The normalized spacial score (nSPS) is 10.3. The highest BCUT2D eigenvalue weighted by Crippen LogP contribution is 2.20. The maximum atomic E-state index is 12.4. The monoisotopic (exact) mass is 354 g/mol. The van der Waals surface area contributed by atoms with Crippen LogP contribution in [0.2, 0.25) is 0 Å². The Kier molecular flexibility index (Phi) is 6.11. The zero-order valence-electron chi connectivity index (χ0n) is 15.1. The first-order valence-corrected chi connectivity index (χ1v) is 8.32. The van der Waals surface area contributed by atoms with E-state index in [9.17, 15) is 14.4 Å². The van der Waals surface area contributed by atoms with Crippen LogP contribution in [0.15, 0.2) is 42.5 Å². The van der Waals surface area contributed by atoms with Crippen LogP contribution in [0.4, 0.5) is 11.4 Å². The number of aromatic carboxylic acids is 1. The molecule has 6 heteroatoms. The molecule has 2 amide bonds. The number of anilines is 2. The van der Waals surface area contributed by atoms with Gasteiger partial charge in [-0.1, -0.05) is 13.0 Å². The number of benzene rings is 2. The standard InChI is InChI=1S/C20H22N2O4/c1-4-19(24)22(17-10-5-13(2)14(3)11-17)12-18(23)21-16-8-6-15(7-9-16)20(25)26/h5-11H,4,12H2,1-3H3,(H,21,23)(H,25,26). The van der Waals surface area contributed by atoms with Gasteiger partial charge in [0.05, 0.1) is 5.56 Å². The van der Waals surface area contributed by atoms with Crippen molar-refractivity contribution in [3.05, 3.63) is 59.2 Å². The fourth-order valence-electron chi connectivity index (χ4n) is 2.45. The molecule has 136 valence electrons. The van der Waals surface area contributed by atoms with E-state index in [1.807, 2.05) is 32.0 Å². The van der Waals surface area contributed by atoms with Gasteiger partial charge >= 0.3 is 5.97 Å². The fraction of sp³-hybridized carbons (Fsp3) is 0.250. The average molecular weight is 354 g/mol. The lowest BCUT2D eigenvalue weighted by Gasteiger charge is -2.22. The predicted octanol–water partition coefficient (Wildman–Crippen LogP) is 3.38. The Labute approximate surface area is 152 Å². The molecule has 0 spiro atoms. The molecule has 0 radical (unpaired) electrons. The lowest BCUT2D eigenvalue weighted by molar-refractivity contribution is -0.121. The van der Waals surface area contributed by atoms with Crippen LogP contribution >= 0.6 is 0 Å². The van der Waals surface area contributed by atoms with Gasteiger partial charge in [0.15, 0.2) is 0 Å². The summed E-state index contributed by atoms with van der Waals surface area (Å²) in [5, 5.41) is 11.6. The van der Waals surface area contributed by atoms with Crippen molar-refractivity contribution in [3.8, 4) is 0 Å². The molecule has 0 heterocycles. The van der Waals surface area contributed by atoms with Crippen molar-refractivity contribution >= 4 is 29.2 Å². The average Bonchev–Trinajstić information content (AvgIpc) is 2.62. The summed E-state index contributed by atoms with van der Waals surface area (Å²) in [6.07, 6.45) is 0.285. The second-order valence-electron chi connectivity index (χ2n) is 6.03. The van der Waals surface area contributed by atoms with Crippen LogP contribution < -0.4 is 10.2 Å². The van der Waals surface area contributed by atoms with E-state index < -0.39 is 5.97 Å². The van der Waals surface area contributed by atoms with Gasteiger partial charge in [-0.15, -0.1) is 0 Å². The van der Waals surface area contributed by atoms with E-state index in [0.29, 0.717) is 11.4 Å². The van der Waals surface area contributed by atoms with Gasteiger partial charge in [0.1, 0.15) is 6.54 Å². The number of nitrogens with one attached hydrogen (secondary N) is 1. The molecular weight excluding hydrogens is 332 g/mol. The van der Waals surface area contributed by atoms with E-state index in [2.05, 4.69) is 5.32 Å². The maximum absolute atomic E-state index is 12.4. The summed E-state index contributed by atoms with van der Waals surface area (Å²) in [5.41, 5.74) is 3.45. The molecule has 0 saturated carbocycles. The molecule has 26 heavy (non-hydrogen) atoms. The molecule has 0 aliphatic heterocycles. The van der Waals surface area contributed by atoms with Crippen molar-refractivity contribution in [2.75, 3.05) is 16.8 Å². The molecule has 2 aromatic carbocycles. The summed E-state index contributed by atoms with van der Waals surface area (Å²) in [7, 11) is 0. The van der Waals surface area contributed by atoms with Gasteiger partial charge in [-0.05, 0) is 61.4 Å². The number of carboxylic acids is 1. The number of hydrogen-bond acceptors (Lipinski definition) is 3. The molecule has 0 aliphatic rings. The Hall–Kier alpha value is -3.15. The summed E-state index contributed by atoms with van der Waals surface area (Å²) in [4.78, 5) is 37.0. The minimum Gasteiger partial charge on any atom is -0.478 e. The van der Waals surface area contributed by atoms with Gasteiger partial charge < -0.3 is 15.3 Å². The van der Waals surface area contributed by atoms with E-state index >= 15 is 0 Å². The van der Waals surface area contributed by atoms with Gasteiger partial charge in [-0.25, -0.2) is 4.79 Å². The van der Waals surface area contributed by atoms with Crippen LogP contribution in [-0.2, 0) is 9.59 Å². The van der Waals surface area contributed by atoms with Crippen molar-refractivity contribution < 1.29 is 19.5 Å². The lowest BCUT2D eigenvalue weighted by atomic mass is 10.1.